The quantitative estimate of drug-likeness (QED) is 0.294. The van der Waals surface area contributed by atoms with Crippen LogP contribution in [0.5, 0.6) is 0 Å². The van der Waals surface area contributed by atoms with Crippen molar-refractivity contribution in [2.75, 3.05) is 25.0 Å². The number of nitrogens with one attached hydrogen (secondary N) is 1. The van der Waals surface area contributed by atoms with Crippen LogP contribution < -0.4 is 5.32 Å². The SMILES string of the molecule is CC(C)(C)OC(=O)N1CCOC(Cn2c(-c3ccccc3Cl)cc3cnc(NCc4ccc(F)c(F)c4)nc32)C1. The van der Waals surface area contributed by atoms with Crippen LogP contribution in [0.25, 0.3) is 22.3 Å². The molecule has 2 aromatic carbocycles. The van der Waals surface area contributed by atoms with Crippen LogP contribution in [0.3, 0.4) is 0 Å². The standard InChI is InChI=1S/C29H30ClF2N5O3/c1-29(2,3)40-28(38)36-10-11-39-20(16-36)17-37-25(21-6-4-5-7-22(21)30)13-19-15-34-27(35-26(19)37)33-14-18-8-9-23(31)24(32)12-18/h4-9,12-13,15,20H,10-11,14,16-17H2,1-3H3,(H,33,34,35). The lowest BCUT2D eigenvalue weighted by Crippen LogP contribution is -2.48. The molecule has 1 N–H and O–H groups in total. The van der Waals surface area contributed by atoms with Crippen LogP contribution in [-0.4, -0.2) is 56.9 Å². The van der Waals surface area contributed by atoms with Crippen molar-refractivity contribution in [2.24, 2.45) is 0 Å². The van der Waals surface area contributed by atoms with E-state index in [4.69, 9.17) is 26.1 Å². The summed E-state index contributed by atoms with van der Waals surface area (Å²) in [6.45, 7) is 7.27. The van der Waals surface area contributed by atoms with E-state index in [-0.39, 0.29) is 18.7 Å². The van der Waals surface area contributed by atoms with E-state index in [0.29, 0.717) is 48.4 Å². The van der Waals surface area contributed by atoms with Crippen LogP contribution in [0, 0.1) is 11.6 Å². The molecule has 40 heavy (non-hydrogen) atoms. The van der Waals surface area contributed by atoms with Gasteiger partial charge in [-0.25, -0.2) is 18.6 Å². The third kappa shape index (κ3) is 6.34. The predicted molar refractivity (Wildman–Crippen MR) is 149 cm³/mol. The summed E-state index contributed by atoms with van der Waals surface area (Å²) in [5, 5.41) is 4.45. The monoisotopic (exact) mass is 569 g/mol. The normalized spacial score (nSPS) is 15.8. The lowest BCUT2D eigenvalue weighted by molar-refractivity contribution is -0.0468. The van der Waals surface area contributed by atoms with Gasteiger partial charge in [0.15, 0.2) is 11.6 Å². The largest absolute Gasteiger partial charge is 0.444 e. The molecule has 2 aromatic heterocycles. The number of rotatable bonds is 6. The summed E-state index contributed by atoms with van der Waals surface area (Å²) in [6.07, 6.45) is 0.990. The molecule has 3 heterocycles. The summed E-state index contributed by atoms with van der Waals surface area (Å²) in [6, 6.07) is 13.2. The first kappa shape index (κ1) is 27.8. The van der Waals surface area contributed by atoms with Crippen molar-refractivity contribution < 1.29 is 23.0 Å². The first-order valence-corrected chi connectivity index (χ1v) is 13.3. The summed E-state index contributed by atoms with van der Waals surface area (Å²) in [7, 11) is 0. The lowest BCUT2D eigenvalue weighted by atomic mass is 10.1. The number of amides is 1. The minimum absolute atomic E-state index is 0.206. The Labute approximate surface area is 235 Å². The van der Waals surface area contributed by atoms with Crippen molar-refractivity contribution in [1.82, 2.24) is 19.4 Å². The van der Waals surface area contributed by atoms with Crippen molar-refractivity contribution in [3.8, 4) is 11.3 Å². The van der Waals surface area contributed by atoms with Crippen molar-refractivity contribution in [2.45, 2.75) is 45.6 Å². The number of fused-ring (bicyclic) bond motifs is 1. The molecule has 8 nitrogen and oxygen atoms in total. The molecular weight excluding hydrogens is 540 g/mol. The molecule has 210 valence electrons. The third-order valence-electron chi connectivity index (χ3n) is 6.40. The van der Waals surface area contributed by atoms with Gasteiger partial charge in [0, 0.05) is 35.3 Å². The van der Waals surface area contributed by atoms with E-state index in [1.165, 1.54) is 6.07 Å². The fraction of sp³-hybridized carbons (Fsp3) is 0.345. The van der Waals surface area contributed by atoms with Gasteiger partial charge >= 0.3 is 6.09 Å². The first-order valence-electron chi connectivity index (χ1n) is 13.0. The predicted octanol–water partition coefficient (Wildman–Crippen LogP) is 6.28. The lowest BCUT2D eigenvalue weighted by Gasteiger charge is -2.34. The smallest absolute Gasteiger partial charge is 0.410 e. The minimum atomic E-state index is -0.915. The number of carbonyl (C=O) groups is 1. The van der Waals surface area contributed by atoms with Gasteiger partial charge in [-0.1, -0.05) is 35.9 Å². The van der Waals surface area contributed by atoms with Crippen LogP contribution in [0.2, 0.25) is 5.02 Å². The van der Waals surface area contributed by atoms with Gasteiger partial charge in [0.25, 0.3) is 0 Å². The molecule has 5 rings (SSSR count). The number of anilines is 1. The highest BCUT2D eigenvalue weighted by Crippen LogP contribution is 2.33. The molecule has 1 atom stereocenters. The van der Waals surface area contributed by atoms with E-state index in [2.05, 4.69) is 10.3 Å². The van der Waals surface area contributed by atoms with Gasteiger partial charge in [-0.15, -0.1) is 0 Å². The molecule has 1 fully saturated rings. The molecule has 1 aliphatic heterocycles. The fourth-order valence-electron chi connectivity index (χ4n) is 4.56. The van der Waals surface area contributed by atoms with Gasteiger partial charge in [-0.05, 0) is 50.6 Å². The molecule has 11 heteroatoms. The molecule has 4 aromatic rings. The molecule has 1 aliphatic rings. The molecular formula is C29H30ClF2N5O3. The zero-order valence-corrected chi connectivity index (χ0v) is 23.2. The van der Waals surface area contributed by atoms with Gasteiger partial charge in [0.05, 0.1) is 31.5 Å². The van der Waals surface area contributed by atoms with Crippen LogP contribution in [0.15, 0.2) is 54.7 Å². The highest BCUT2D eigenvalue weighted by Gasteiger charge is 2.29. The van der Waals surface area contributed by atoms with Crippen LogP contribution in [0.1, 0.15) is 26.3 Å². The molecule has 1 unspecified atom stereocenters. The van der Waals surface area contributed by atoms with E-state index < -0.39 is 17.2 Å². The minimum Gasteiger partial charge on any atom is -0.444 e. The van der Waals surface area contributed by atoms with Crippen molar-refractivity contribution in [3.05, 3.63) is 76.9 Å². The Balaban J connectivity index is 1.45. The van der Waals surface area contributed by atoms with Crippen LogP contribution in [0.4, 0.5) is 19.5 Å². The number of carbonyl (C=O) groups excluding carboxylic acids is 1. The van der Waals surface area contributed by atoms with Crippen LogP contribution in [-0.2, 0) is 22.6 Å². The van der Waals surface area contributed by atoms with E-state index in [1.54, 1.807) is 11.1 Å². The maximum Gasteiger partial charge on any atom is 0.410 e. The summed E-state index contributed by atoms with van der Waals surface area (Å²) in [5.41, 5.74) is 2.23. The zero-order chi connectivity index (χ0) is 28.4. The number of benzene rings is 2. The van der Waals surface area contributed by atoms with E-state index in [0.717, 1.165) is 28.8 Å². The number of aromatic nitrogens is 3. The second kappa shape index (κ2) is 11.4. The Hall–Kier alpha value is -3.76. The Morgan fingerprint density at radius 3 is 2.73 bits per heavy atom. The summed E-state index contributed by atoms with van der Waals surface area (Å²) < 4.78 is 40.6. The van der Waals surface area contributed by atoms with Gasteiger partial charge in [-0.3, -0.25) is 0 Å². The zero-order valence-electron chi connectivity index (χ0n) is 22.5. The molecule has 0 aliphatic carbocycles. The van der Waals surface area contributed by atoms with E-state index >= 15 is 0 Å². The topological polar surface area (TPSA) is 81.5 Å². The van der Waals surface area contributed by atoms with Gasteiger partial charge in [0.2, 0.25) is 5.95 Å². The first-order chi connectivity index (χ1) is 19.1. The molecule has 1 saturated heterocycles. The molecule has 0 spiro atoms. The summed E-state index contributed by atoms with van der Waals surface area (Å²) in [5.74, 6) is -1.49. The number of halogens is 3. The Morgan fingerprint density at radius 1 is 1.18 bits per heavy atom. The molecule has 0 bridgehead atoms. The number of ether oxygens (including phenoxy) is 2. The molecule has 0 radical (unpaired) electrons. The van der Waals surface area contributed by atoms with Gasteiger partial charge in [-0.2, -0.15) is 4.98 Å². The summed E-state index contributed by atoms with van der Waals surface area (Å²) >= 11 is 6.58. The number of hydrogen-bond acceptors (Lipinski definition) is 6. The van der Waals surface area contributed by atoms with Crippen molar-refractivity contribution in [1.29, 1.82) is 0 Å². The van der Waals surface area contributed by atoms with Crippen LogP contribution >= 0.6 is 11.6 Å². The van der Waals surface area contributed by atoms with E-state index in [9.17, 15) is 13.6 Å². The summed E-state index contributed by atoms with van der Waals surface area (Å²) in [4.78, 5) is 23.5. The second-order valence-corrected chi connectivity index (χ2v) is 11.0. The highest BCUT2D eigenvalue weighted by atomic mass is 35.5. The van der Waals surface area contributed by atoms with E-state index in [1.807, 2.05) is 55.7 Å². The Morgan fingerprint density at radius 2 is 1.98 bits per heavy atom. The molecule has 0 saturated carbocycles. The van der Waals surface area contributed by atoms with Crippen molar-refractivity contribution in [3.63, 3.8) is 0 Å². The maximum absolute atomic E-state index is 13.7. The Bertz CT molecular complexity index is 1540. The highest BCUT2D eigenvalue weighted by molar-refractivity contribution is 6.33. The third-order valence-corrected chi connectivity index (χ3v) is 6.73. The van der Waals surface area contributed by atoms with Crippen molar-refractivity contribution >= 4 is 34.7 Å². The fourth-order valence-corrected chi connectivity index (χ4v) is 4.79. The Kier molecular flexibility index (Phi) is 7.91. The average molecular weight is 570 g/mol. The number of morpholine rings is 1. The average Bonchev–Trinajstić information content (AvgIpc) is 3.26. The number of hydrogen-bond donors (Lipinski definition) is 1. The second-order valence-electron chi connectivity index (χ2n) is 10.6. The maximum atomic E-state index is 13.7. The van der Waals surface area contributed by atoms with Gasteiger partial charge in [0.1, 0.15) is 11.2 Å². The van der Waals surface area contributed by atoms with Gasteiger partial charge < -0.3 is 24.3 Å². The number of nitrogens with zero attached hydrogens (tertiary/aromatic N) is 4. The molecule has 1 amide bonds.